The second-order valence-corrected chi connectivity index (χ2v) is 7.09. The van der Waals surface area contributed by atoms with Gasteiger partial charge in [0.2, 0.25) is 0 Å². The molecular formula is C22H30N6O. The zero-order valence-electron chi connectivity index (χ0n) is 17.6. The van der Waals surface area contributed by atoms with Crippen molar-refractivity contribution in [2.75, 3.05) is 20.3 Å². The highest BCUT2D eigenvalue weighted by Gasteiger charge is 2.12. The van der Waals surface area contributed by atoms with Crippen molar-refractivity contribution in [1.29, 1.82) is 0 Å². The molecule has 0 bridgehead atoms. The Hall–Kier alpha value is -2.93. The minimum atomic E-state index is 0.0935. The number of guanidine groups is 1. The Kier molecular flexibility index (Phi) is 7.19. The molecule has 2 N–H and O–H groups in total. The fourth-order valence-electron chi connectivity index (χ4n) is 3.23. The number of nitrogens with zero attached hydrogens (tertiary/aromatic N) is 4. The average molecular weight is 395 g/mol. The summed E-state index contributed by atoms with van der Waals surface area (Å²) in [6.45, 7) is 6.03. The monoisotopic (exact) mass is 394 g/mol. The average Bonchev–Trinajstić information content (AvgIpc) is 3.06. The molecule has 1 atom stereocenters. The van der Waals surface area contributed by atoms with E-state index in [2.05, 4.69) is 70.2 Å². The van der Waals surface area contributed by atoms with E-state index in [0.29, 0.717) is 13.2 Å². The van der Waals surface area contributed by atoms with Gasteiger partial charge in [-0.2, -0.15) is 0 Å². The van der Waals surface area contributed by atoms with Crippen LogP contribution in [0.4, 0.5) is 0 Å². The molecule has 1 aromatic heterocycles. The maximum atomic E-state index is 5.15. The van der Waals surface area contributed by atoms with Gasteiger partial charge in [0.1, 0.15) is 12.4 Å². The fraction of sp³-hybridized carbons (Fsp3) is 0.409. The molecule has 154 valence electrons. The Morgan fingerprint density at radius 1 is 1.17 bits per heavy atom. The minimum absolute atomic E-state index is 0.0935. The van der Waals surface area contributed by atoms with Crippen molar-refractivity contribution in [1.82, 2.24) is 25.4 Å². The van der Waals surface area contributed by atoms with Crippen molar-refractivity contribution in [2.45, 2.75) is 32.9 Å². The number of nitrogens with one attached hydrogen (secondary N) is 2. The first kappa shape index (κ1) is 20.8. The lowest BCUT2D eigenvalue weighted by atomic mass is 10.00. The third-order valence-corrected chi connectivity index (χ3v) is 5.02. The number of aryl methyl sites for hydroxylation is 1. The van der Waals surface area contributed by atoms with Crippen molar-refractivity contribution in [2.24, 2.45) is 12.0 Å². The number of hydrogen-bond acceptors (Lipinski definition) is 4. The lowest BCUT2D eigenvalue weighted by molar-refractivity contribution is 0.195. The molecule has 1 heterocycles. The van der Waals surface area contributed by atoms with Crippen LogP contribution in [-0.4, -0.2) is 41.0 Å². The highest BCUT2D eigenvalue weighted by Crippen LogP contribution is 2.23. The topological polar surface area (TPSA) is 76.4 Å². The van der Waals surface area contributed by atoms with Crippen LogP contribution in [0.3, 0.4) is 0 Å². The lowest BCUT2D eigenvalue weighted by Gasteiger charge is -2.20. The second kappa shape index (κ2) is 10.0. The summed E-state index contributed by atoms with van der Waals surface area (Å²) in [6, 6.07) is 14.9. The smallest absolute Gasteiger partial charge is 0.192 e. The zero-order chi connectivity index (χ0) is 20.6. The van der Waals surface area contributed by atoms with Gasteiger partial charge < -0.3 is 19.9 Å². The number of aliphatic imine (C=N–C) groups is 1. The third-order valence-electron chi connectivity index (χ3n) is 5.02. The minimum Gasteiger partial charge on any atom is -0.385 e. The van der Waals surface area contributed by atoms with Crippen molar-refractivity contribution in [3.05, 3.63) is 59.7 Å². The largest absolute Gasteiger partial charge is 0.385 e. The van der Waals surface area contributed by atoms with Gasteiger partial charge in [0.15, 0.2) is 11.8 Å². The van der Waals surface area contributed by atoms with Crippen LogP contribution < -0.4 is 10.6 Å². The van der Waals surface area contributed by atoms with Crippen molar-refractivity contribution in [3.8, 4) is 0 Å². The normalized spacial score (nSPS) is 12.9. The molecule has 3 aromatic rings. The summed E-state index contributed by atoms with van der Waals surface area (Å²) in [6.07, 6.45) is 0.906. The number of hydrogen-bond donors (Lipinski definition) is 2. The van der Waals surface area contributed by atoms with E-state index in [-0.39, 0.29) is 6.04 Å². The number of ether oxygens (including phenoxy) is 1. The summed E-state index contributed by atoms with van der Waals surface area (Å²) < 4.78 is 7.11. The molecule has 0 fully saturated rings. The van der Waals surface area contributed by atoms with Gasteiger partial charge in [-0.05, 0) is 36.6 Å². The second-order valence-electron chi connectivity index (χ2n) is 7.09. The third kappa shape index (κ3) is 5.32. The van der Waals surface area contributed by atoms with Gasteiger partial charge in [0.05, 0.1) is 6.04 Å². The highest BCUT2D eigenvalue weighted by molar-refractivity contribution is 5.87. The predicted molar refractivity (Wildman–Crippen MR) is 117 cm³/mol. The Morgan fingerprint density at radius 2 is 1.97 bits per heavy atom. The first-order valence-corrected chi connectivity index (χ1v) is 9.96. The van der Waals surface area contributed by atoms with E-state index in [4.69, 9.17) is 9.73 Å². The number of aromatic nitrogens is 3. The van der Waals surface area contributed by atoms with Crippen molar-refractivity contribution < 1.29 is 4.74 Å². The molecule has 7 heteroatoms. The molecule has 0 radical (unpaired) electrons. The predicted octanol–water partition coefficient (Wildman–Crippen LogP) is 3.11. The van der Waals surface area contributed by atoms with Gasteiger partial charge >= 0.3 is 0 Å². The number of rotatable bonds is 8. The van der Waals surface area contributed by atoms with Crippen molar-refractivity contribution in [3.63, 3.8) is 0 Å². The molecule has 1 unspecified atom stereocenters. The molecule has 7 nitrogen and oxygen atoms in total. The molecule has 0 aliphatic rings. The van der Waals surface area contributed by atoms with Crippen LogP contribution in [0.1, 0.15) is 36.6 Å². The molecule has 29 heavy (non-hydrogen) atoms. The number of methoxy groups -OCH3 is 1. The highest BCUT2D eigenvalue weighted by atomic mass is 16.5. The van der Waals surface area contributed by atoms with Crippen LogP contribution >= 0.6 is 0 Å². The quantitative estimate of drug-likeness (QED) is 0.349. The maximum absolute atomic E-state index is 5.15. The SMILES string of the molecule is COCCCNC(=NCc1nnc(C)n1C)NC(C)c1cccc2ccccc12. The van der Waals surface area contributed by atoms with E-state index in [1.54, 1.807) is 7.11 Å². The van der Waals surface area contributed by atoms with Crippen LogP contribution in [0, 0.1) is 6.92 Å². The first-order chi connectivity index (χ1) is 14.1. The van der Waals surface area contributed by atoms with E-state index < -0.39 is 0 Å². The Morgan fingerprint density at radius 3 is 2.72 bits per heavy atom. The molecule has 0 aliphatic carbocycles. The molecule has 3 rings (SSSR count). The number of fused-ring (bicyclic) bond motifs is 1. The van der Waals surface area contributed by atoms with E-state index >= 15 is 0 Å². The summed E-state index contributed by atoms with van der Waals surface area (Å²) in [5.41, 5.74) is 1.24. The van der Waals surface area contributed by atoms with E-state index in [0.717, 1.165) is 30.6 Å². The molecule has 0 aliphatic heterocycles. The van der Waals surface area contributed by atoms with Gasteiger partial charge in [-0.1, -0.05) is 42.5 Å². The Labute approximate surface area is 172 Å². The van der Waals surface area contributed by atoms with Crippen LogP contribution in [0.25, 0.3) is 10.8 Å². The number of benzene rings is 2. The van der Waals surface area contributed by atoms with Gasteiger partial charge in [-0.3, -0.25) is 0 Å². The fourth-order valence-corrected chi connectivity index (χ4v) is 3.23. The maximum Gasteiger partial charge on any atom is 0.192 e. The molecule has 0 spiro atoms. The summed E-state index contributed by atoms with van der Waals surface area (Å²) in [5.74, 6) is 2.46. The summed E-state index contributed by atoms with van der Waals surface area (Å²) >= 11 is 0. The summed E-state index contributed by atoms with van der Waals surface area (Å²) in [7, 11) is 3.67. The van der Waals surface area contributed by atoms with E-state index in [9.17, 15) is 0 Å². The Balaban J connectivity index is 1.77. The first-order valence-electron chi connectivity index (χ1n) is 9.96. The van der Waals surface area contributed by atoms with Gasteiger partial charge in [0, 0.05) is 27.3 Å². The van der Waals surface area contributed by atoms with Crippen molar-refractivity contribution >= 4 is 16.7 Å². The molecule has 0 saturated carbocycles. The van der Waals surface area contributed by atoms with Crippen LogP contribution in [0.15, 0.2) is 47.5 Å². The van der Waals surface area contributed by atoms with Crippen LogP contribution in [-0.2, 0) is 18.3 Å². The van der Waals surface area contributed by atoms with Gasteiger partial charge in [0.25, 0.3) is 0 Å². The molecule has 0 saturated heterocycles. The van der Waals surface area contributed by atoms with Gasteiger partial charge in [-0.15, -0.1) is 10.2 Å². The van der Waals surface area contributed by atoms with Gasteiger partial charge in [-0.25, -0.2) is 4.99 Å². The summed E-state index contributed by atoms with van der Waals surface area (Å²) in [5, 5.41) is 17.7. The lowest BCUT2D eigenvalue weighted by Crippen LogP contribution is -2.39. The molecular weight excluding hydrogens is 364 g/mol. The standard InChI is InChI=1S/C22H30N6O/c1-16(19-12-7-10-18-9-5-6-11-20(18)19)25-22(23-13-8-14-29-4)24-15-21-27-26-17(2)28(21)3/h5-7,9-12,16H,8,13-15H2,1-4H3,(H2,23,24,25). The van der Waals surface area contributed by atoms with Crippen LogP contribution in [0.5, 0.6) is 0 Å². The van der Waals surface area contributed by atoms with Crippen LogP contribution in [0.2, 0.25) is 0 Å². The Bertz CT molecular complexity index is 960. The summed E-state index contributed by atoms with van der Waals surface area (Å²) in [4.78, 5) is 4.74. The van der Waals surface area contributed by atoms with E-state index in [1.807, 2.05) is 18.5 Å². The zero-order valence-corrected chi connectivity index (χ0v) is 17.6. The molecule has 2 aromatic carbocycles. The van der Waals surface area contributed by atoms with E-state index in [1.165, 1.54) is 16.3 Å². The molecule has 0 amide bonds.